The second-order valence-electron chi connectivity index (χ2n) is 4.62. The summed E-state index contributed by atoms with van der Waals surface area (Å²) < 4.78 is 0.756. The number of hydrogen-bond acceptors (Lipinski definition) is 5. The molecule has 1 aromatic heterocycles. The van der Waals surface area contributed by atoms with Crippen molar-refractivity contribution in [3.8, 4) is 0 Å². The lowest BCUT2D eigenvalue weighted by Crippen LogP contribution is -2.42. The van der Waals surface area contributed by atoms with Crippen LogP contribution in [0.15, 0.2) is 10.8 Å². The van der Waals surface area contributed by atoms with Crippen molar-refractivity contribution in [1.29, 1.82) is 0 Å². The molecule has 2 unspecified atom stereocenters. The molecule has 0 aromatic carbocycles. The van der Waals surface area contributed by atoms with E-state index < -0.39 is 0 Å². The van der Waals surface area contributed by atoms with Crippen LogP contribution in [0, 0.1) is 0 Å². The molecular formula is C11H18BrN5. The third-order valence-corrected chi connectivity index (χ3v) is 4.15. The van der Waals surface area contributed by atoms with Crippen LogP contribution in [-0.2, 0) is 0 Å². The molecule has 2 atom stereocenters. The van der Waals surface area contributed by atoms with Gasteiger partial charge < -0.3 is 16.0 Å². The molecule has 1 aliphatic rings. The second-order valence-corrected chi connectivity index (χ2v) is 5.41. The maximum absolute atomic E-state index is 5.73. The van der Waals surface area contributed by atoms with E-state index in [1.807, 2.05) is 0 Å². The number of nitrogen functional groups attached to an aromatic ring is 1. The minimum Gasteiger partial charge on any atom is -0.383 e. The van der Waals surface area contributed by atoms with Gasteiger partial charge in [0.2, 0.25) is 0 Å². The third-order valence-electron chi connectivity index (χ3n) is 3.37. The first-order valence-electron chi connectivity index (χ1n) is 5.80. The molecule has 94 valence electrons. The predicted octanol–water partition coefficient (Wildman–Crippen LogP) is 1.72. The van der Waals surface area contributed by atoms with Gasteiger partial charge in [-0.1, -0.05) is 0 Å². The number of halogens is 1. The first-order valence-corrected chi connectivity index (χ1v) is 6.60. The lowest BCUT2D eigenvalue weighted by molar-refractivity contribution is 0.190. The van der Waals surface area contributed by atoms with E-state index in [4.69, 9.17) is 5.73 Å². The molecule has 1 fully saturated rings. The highest BCUT2D eigenvalue weighted by molar-refractivity contribution is 9.10. The van der Waals surface area contributed by atoms with Gasteiger partial charge in [-0.2, -0.15) is 0 Å². The van der Waals surface area contributed by atoms with Crippen molar-refractivity contribution in [3.63, 3.8) is 0 Å². The number of likely N-dealkylation sites (tertiary alicyclic amines) is 1. The standard InChI is InChI=1S/C11H18BrN5/c1-7-5-8(3-4-17(7)2)16-11-9(12)10(13)14-6-15-11/h6-8H,3-5H2,1-2H3,(H3,13,14,15,16). The Hall–Kier alpha value is -0.880. The van der Waals surface area contributed by atoms with Gasteiger partial charge in [0.25, 0.3) is 0 Å². The van der Waals surface area contributed by atoms with Gasteiger partial charge in [-0.25, -0.2) is 9.97 Å². The average Bonchev–Trinajstić information content (AvgIpc) is 2.30. The first kappa shape index (κ1) is 12.6. The fourth-order valence-electron chi connectivity index (χ4n) is 2.10. The Morgan fingerprint density at radius 3 is 3.00 bits per heavy atom. The van der Waals surface area contributed by atoms with Crippen LogP contribution >= 0.6 is 15.9 Å². The molecule has 1 aliphatic heterocycles. The van der Waals surface area contributed by atoms with Crippen molar-refractivity contribution < 1.29 is 0 Å². The topological polar surface area (TPSA) is 67.1 Å². The summed E-state index contributed by atoms with van der Waals surface area (Å²) in [6.45, 7) is 3.36. The van der Waals surface area contributed by atoms with Gasteiger partial charge in [0.05, 0.1) is 0 Å². The second kappa shape index (κ2) is 5.18. The Labute approximate surface area is 110 Å². The summed E-state index contributed by atoms with van der Waals surface area (Å²) >= 11 is 3.41. The van der Waals surface area contributed by atoms with Crippen molar-refractivity contribution in [3.05, 3.63) is 10.8 Å². The van der Waals surface area contributed by atoms with Crippen LogP contribution in [0.5, 0.6) is 0 Å². The third kappa shape index (κ3) is 2.87. The number of rotatable bonds is 2. The van der Waals surface area contributed by atoms with Gasteiger partial charge in [0.1, 0.15) is 22.4 Å². The summed E-state index contributed by atoms with van der Waals surface area (Å²) in [5, 5.41) is 3.44. The summed E-state index contributed by atoms with van der Waals surface area (Å²) in [7, 11) is 2.17. The van der Waals surface area contributed by atoms with E-state index in [-0.39, 0.29) is 0 Å². The molecule has 2 rings (SSSR count). The van der Waals surface area contributed by atoms with Crippen molar-refractivity contribution >= 4 is 27.6 Å². The normalized spacial score (nSPS) is 25.8. The van der Waals surface area contributed by atoms with Gasteiger partial charge >= 0.3 is 0 Å². The minimum absolute atomic E-state index is 0.451. The molecule has 1 saturated heterocycles. The number of nitrogens with two attached hydrogens (primary N) is 1. The number of anilines is 2. The Bertz CT molecular complexity index is 397. The Balaban J connectivity index is 2.04. The zero-order chi connectivity index (χ0) is 12.4. The summed E-state index contributed by atoms with van der Waals surface area (Å²) in [6.07, 6.45) is 3.73. The number of aromatic nitrogens is 2. The van der Waals surface area contributed by atoms with Crippen LogP contribution in [0.1, 0.15) is 19.8 Å². The summed E-state index contributed by atoms with van der Waals surface area (Å²) in [4.78, 5) is 10.5. The molecule has 0 bridgehead atoms. The van der Waals surface area contributed by atoms with E-state index >= 15 is 0 Å². The Morgan fingerprint density at radius 1 is 1.53 bits per heavy atom. The summed E-state index contributed by atoms with van der Waals surface area (Å²) in [6, 6.07) is 1.05. The lowest BCUT2D eigenvalue weighted by atomic mass is 9.99. The van der Waals surface area contributed by atoms with E-state index in [0.29, 0.717) is 17.9 Å². The molecule has 0 spiro atoms. The number of nitrogens with one attached hydrogen (secondary N) is 1. The Morgan fingerprint density at radius 2 is 2.29 bits per heavy atom. The quantitative estimate of drug-likeness (QED) is 0.870. The number of hydrogen-bond donors (Lipinski definition) is 2. The first-order chi connectivity index (χ1) is 8.08. The van der Waals surface area contributed by atoms with Gasteiger partial charge in [-0.3, -0.25) is 0 Å². The van der Waals surface area contributed by atoms with Crippen LogP contribution < -0.4 is 11.1 Å². The molecule has 0 saturated carbocycles. The van der Waals surface area contributed by atoms with Crippen LogP contribution in [0.4, 0.5) is 11.6 Å². The lowest BCUT2D eigenvalue weighted by Gasteiger charge is -2.35. The molecule has 1 aromatic rings. The van der Waals surface area contributed by atoms with Gasteiger partial charge in [0, 0.05) is 18.6 Å². The molecule has 0 radical (unpaired) electrons. The van der Waals surface area contributed by atoms with Crippen molar-refractivity contribution in [2.75, 3.05) is 24.6 Å². The fraction of sp³-hybridized carbons (Fsp3) is 0.636. The van der Waals surface area contributed by atoms with E-state index in [1.54, 1.807) is 0 Å². The van der Waals surface area contributed by atoms with Gasteiger partial charge in [-0.05, 0) is 42.7 Å². The van der Waals surface area contributed by atoms with Gasteiger partial charge in [-0.15, -0.1) is 0 Å². The Kier molecular flexibility index (Phi) is 3.83. The molecule has 0 aliphatic carbocycles. The summed E-state index contributed by atoms with van der Waals surface area (Å²) in [5.74, 6) is 1.27. The van der Waals surface area contributed by atoms with Gasteiger partial charge in [0.15, 0.2) is 0 Å². The van der Waals surface area contributed by atoms with E-state index in [2.05, 4.69) is 50.1 Å². The monoisotopic (exact) mass is 299 g/mol. The molecule has 3 N–H and O–H groups in total. The van der Waals surface area contributed by atoms with Crippen LogP contribution in [0.2, 0.25) is 0 Å². The van der Waals surface area contributed by atoms with Crippen LogP contribution in [-0.4, -0.2) is 40.5 Å². The van der Waals surface area contributed by atoms with Crippen molar-refractivity contribution in [2.45, 2.75) is 31.8 Å². The number of piperidine rings is 1. The molecule has 6 heteroatoms. The average molecular weight is 300 g/mol. The maximum Gasteiger partial charge on any atom is 0.146 e. The van der Waals surface area contributed by atoms with Crippen LogP contribution in [0.3, 0.4) is 0 Å². The molecule has 17 heavy (non-hydrogen) atoms. The van der Waals surface area contributed by atoms with Crippen LogP contribution in [0.25, 0.3) is 0 Å². The fourth-order valence-corrected chi connectivity index (χ4v) is 2.42. The van der Waals surface area contributed by atoms with E-state index in [0.717, 1.165) is 29.7 Å². The molecule has 0 amide bonds. The summed E-state index contributed by atoms with van der Waals surface area (Å²) in [5.41, 5.74) is 5.73. The highest BCUT2D eigenvalue weighted by atomic mass is 79.9. The highest BCUT2D eigenvalue weighted by Gasteiger charge is 2.23. The minimum atomic E-state index is 0.451. The smallest absolute Gasteiger partial charge is 0.146 e. The van der Waals surface area contributed by atoms with E-state index in [9.17, 15) is 0 Å². The maximum atomic E-state index is 5.73. The molecular weight excluding hydrogens is 282 g/mol. The van der Waals surface area contributed by atoms with E-state index in [1.165, 1.54) is 6.33 Å². The largest absolute Gasteiger partial charge is 0.383 e. The van der Waals surface area contributed by atoms with Crippen molar-refractivity contribution in [1.82, 2.24) is 14.9 Å². The molecule has 5 nitrogen and oxygen atoms in total. The zero-order valence-corrected chi connectivity index (χ0v) is 11.7. The molecule has 2 heterocycles. The van der Waals surface area contributed by atoms with Crippen molar-refractivity contribution in [2.24, 2.45) is 0 Å². The highest BCUT2D eigenvalue weighted by Crippen LogP contribution is 2.27. The zero-order valence-electron chi connectivity index (χ0n) is 10.2. The SMILES string of the molecule is CC1CC(Nc2ncnc(N)c2Br)CCN1C. The predicted molar refractivity (Wildman–Crippen MR) is 72.9 cm³/mol. The number of nitrogens with zero attached hydrogens (tertiary/aromatic N) is 3.